The number of amides is 1. The topological polar surface area (TPSA) is 59.8 Å². The summed E-state index contributed by atoms with van der Waals surface area (Å²) in [5.41, 5.74) is 3.18. The Hall–Kier alpha value is -2.99. The van der Waals surface area contributed by atoms with Crippen molar-refractivity contribution < 1.29 is 4.79 Å². The predicted octanol–water partition coefficient (Wildman–Crippen LogP) is 4.68. The van der Waals surface area contributed by atoms with E-state index in [0.29, 0.717) is 6.42 Å². The number of hydrogen-bond acceptors (Lipinski definition) is 4. The summed E-state index contributed by atoms with van der Waals surface area (Å²) in [6, 6.07) is 16.3. The summed E-state index contributed by atoms with van der Waals surface area (Å²) in [4.78, 5) is 21.0. The Morgan fingerprint density at radius 2 is 2.00 bits per heavy atom. The summed E-state index contributed by atoms with van der Waals surface area (Å²) in [5, 5.41) is 4.18. The van der Waals surface area contributed by atoms with E-state index < -0.39 is 0 Å². The molecule has 0 unspecified atom stereocenters. The molecule has 2 aromatic carbocycles. The maximum absolute atomic E-state index is 12.3. The van der Waals surface area contributed by atoms with E-state index in [1.165, 1.54) is 4.70 Å². The van der Waals surface area contributed by atoms with Crippen molar-refractivity contribution in [3.8, 4) is 5.69 Å². The third-order valence-corrected chi connectivity index (χ3v) is 5.80. The maximum Gasteiger partial charge on any atom is 0.220 e. The lowest BCUT2D eigenvalue weighted by molar-refractivity contribution is -0.121. The molecule has 0 saturated heterocycles. The first-order chi connectivity index (χ1) is 13.7. The minimum atomic E-state index is -0.0215. The number of nitrogens with one attached hydrogen (secondary N) is 1. The molecule has 2 aromatic heterocycles. The Labute approximate surface area is 168 Å². The SMILES string of the molecule is C[C@@H](NC(=O)CCCc1nc2ccccc2s1)c1ccc(-n2ccnc2)cc1. The van der Waals surface area contributed by atoms with Crippen LogP contribution < -0.4 is 5.32 Å². The first-order valence-corrected chi connectivity index (χ1v) is 10.2. The second-order valence-corrected chi connectivity index (χ2v) is 7.89. The van der Waals surface area contributed by atoms with Crippen molar-refractivity contribution in [1.82, 2.24) is 19.9 Å². The molecule has 0 saturated carbocycles. The number of thiazole rings is 1. The molecule has 1 amide bonds. The molecule has 6 heteroatoms. The first kappa shape index (κ1) is 18.4. The molecule has 0 bridgehead atoms. The quantitative estimate of drug-likeness (QED) is 0.498. The largest absolute Gasteiger partial charge is 0.350 e. The van der Waals surface area contributed by atoms with E-state index in [-0.39, 0.29) is 11.9 Å². The second kappa shape index (κ2) is 8.35. The number of hydrogen-bond donors (Lipinski definition) is 1. The van der Waals surface area contributed by atoms with Crippen LogP contribution in [0.15, 0.2) is 67.3 Å². The molecule has 28 heavy (non-hydrogen) atoms. The first-order valence-electron chi connectivity index (χ1n) is 9.41. The Morgan fingerprint density at radius 3 is 2.75 bits per heavy atom. The average Bonchev–Trinajstić information content (AvgIpc) is 3.37. The number of fused-ring (bicyclic) bond motifs is 1. The van der Waals surface area contributed by atoms with Crippen molar-refractivity contribution in [2.24, 2.45) is 0 Å². The van der Waals surface area contributed by atoms with E-state index in [2.05, 4.69) is 21.4 Å². The highest BCUT2D eigenvalue weighted by molar-refractivity contribution is 7.18. The number of benzene rings is 2. The van der Waals surface area contributed by atoms with Gasteiger partial charge in [0.05, 0.1) is 27.6 Å². The fourth-order valence-corrected chi connectivity index (χ4v) is 4.18. The van der Waals surface area contributed by atoms with Crippen molar-refractivity contribution >= 4 is 27.5 Å². The van der Waals surface area contributed by atoms with Gasteiger partial charge in [-0.15, -0.1) is 11.3 Å². The smallest absolute Gasteiger partial charge is 0.220 e. The standard InChI is InChI=1S/C22H22N4OS/c1-16(17-9-11-18(12-10-17)26-14-13-23-15-26)24-21(27)7-4-8-22-25-19-5-2-3-6-20(19)28-22/h2-3,5-6,9-16H,4,7-8H2,1H3,(H,24,27)/t16-/m1/s1. The molecule has 0 spiro atoms. The van der Waals surface area contributed by atoms with Crippen molar-refractivity contribution in [1.29, 1.82) is 0 Å². The number of rotatable bonds is 7. The zero-order valence-electron chi connectivity index (χ0n) is 15.7. The van der Waals surface area contributed by atoms with Gasteiger partial charge in [-0.05, 0) is 49.6 Å². The summed E-state index contributed by atoms with van der Waals surface area (Å²) in [7, 11) is 0. The molecule has 4 aromatic rings. The summed E-state index contributed by atoms with van der Waals surface area (Å²) in [6.07, 6.45) is 7.58. The minimum absolute atomic E-state index is 0.0215. The molecule has 1 N–H and O–H groups in total. The van der Waals surface area contributed by atoms with Crippen LogP contribution in [0.2, 0.25) is 0 Å². The molecule has 1 atom stereocenters. The number of nitrogens with zero attached hydrogens (tertiary/aromatic N) is 3. The zero-order valence-corrected chi connectivity index (χ0v) is 16.5. The molecule has 4 rings (SSSR count). The van der Waals surface area contributed by atoms with Crippen molar-refractivity contribution in [3.05, 3.63) is 77.8 Å². The van der Waals surface area contributed by atoms with Crippen LogP contribution in [0.1, 0.15) is 36.4 Å². The summed E-state index contributed by atoms with van der Waals surface area (Å²) in [5.74, 6) is 0.0762. The molecule has 0 aliphatic carbocycles. The molecule has 0 aliphatic rings. The Kier molecular flexibility index (Phi) is 5.48. The Morgan fingerprint density at radius 1 is 1.18 bits per heavy atom. The van der Waals surface area contributed by atoms with Gasteiger partial charge in [0.25, 0.3) is 0 Å². The predicted molar refractivity (Wildman–Crippen MR) is 113 cm³/mol. The Balaban J connectivity index is 1.27. The summed E-state index contributed by atoms with van der Waals surface area (Å²) >= 11 is 1.71. The van der Waals surface area contributed by atoms with Gasteiger partial charge in [0.15, 0.2) is 0 Å². The van der Waals surface area contributed by atoms with Gasteiger partial charge in [-0.25, -0.2) is 9.97 Å². The van der Waals surface area contributed by atoms with Crippen LogP contribution in [0.3, 0.4) is 0 Å². The van der Waals surface area contributed by atoms with Gasteiger partial charge < -0.3 is 9.88 Å². The Bertz CT molecular complexity index is 1020. The van der Waals surface area contributed by atoms with Crippen molar-refractivity contribution in [3.63, 3.8) is 0 Å². The van der Waals surface area contributed by atoms with E-state index in [9.17, 15) is 4.79 Å². The van der Waals surface area contributed by atoms with Gasteiger partial charge in [0.1, 0.15) is 0 Å². The van der Waals surface area contributed by atoms with Gasteiger partial charge in [0, 0.05) is 24.5 Å². The lowest BCUT2D eigenvalue weighted by Gasteiger charge is -2.15. The number of aromatic nitrogens is 3. The van der Waals surface area contributed by atoms with Gasteiger partial charge >= 0.3 is 0 Å². The molecular formula is C22H22N4OS. The van der Waals surface area contributed by atoms with E-state index in [4.69, 9.17) is 0 Å². The summed E-state index contributed by atoms with van der Waals surface area (Å²) < 4.78 is 3.16. The van der Waals surface area contributed by atoms with Crippen LogP contribution in [0.4, 0.5) is 0 Å². The van der Waals surface area contributed by atoms with Gasteiger partial charge in [0.2, 0.25) is 5.91 Å². The van der Waals surface area contributed by atoms with E-state index in [0.717, 1.165) is 34.6 Å². The highest BCUT2D eigenvalue weighted by atomic mass is 32.1. The van der Waals surface area contributed by atoms with Crippen LogP contribution in [-0.4, -0.2) is 20.4 Å². The monoisotopic (exact) mass is 390 g/mol. The van der Waals surface area contributed by atoms with E-state index >= 15 is 0 Å². The number of carbonyl (C=O) groups excluding carboxylic acids is 1. The maximum atomic E-state index is 12.3. The van der Waals surface area contributed by atoms with Gasteiger partial charge in [-0.2, -0.15) is 0 Å². The zero-order chi connectivity index (χ0) is 19.3. The van der Waals surface area contributed by atoms with Crippen LogP contribution in [-0.2, 0) is 11.2 Å². The van der Waals surface area contributed by atoms with Crippen molar-refractivity contribution in [2.45, 2.75) is 32.2 Å². The second-order valence-electron chi connectivity index (χ2n) is 6.78. The minimum Gasteiger partial charge on any atom is -0.350 e. The number of para-hydroxylation sites is 1. The van der Waals surface area contributed by atoms with Crippen LogP contribution in [0.5, 0.6) is 0 Å². The third kappa shape index (κ3) is 4.28. The van der Waals surface area contributed by atoms with Gasteiger partial charge in [-0.3, -0.25) is 4.79 Å². The number of aryl methyl sites for hydroxylation is 1. The molecule has 0 radical (unpaired) electrons. The lowest BCUT2D eigenvalue weighted by Crippen LogP contribution is -2.26. The van der Waals surface area contributed by atoms with Crippen molar-refractivity contribution in [2.75, 3.05) is 0 Å². The van der Waals surface area contributed by atoms with Crippen LogP contribution in [0.25, 0.3) is 15.9 Å². The van der Waals surface area contributed by atoms with E-state index in [1.54, 1.807) is 23.9 Å². The van der Waals surface area contributed by atoms with Crippen LogP contribution >= 0.6 is 11.3 Å². The molecular weight excluding hydrogens is 368 g/mol. The third-order valence-electron chi connectivity index (χ3n) is 4.71. The number of imidazole rings is 1. The normalized spacial score (nSPS) is 12.2. The van der Waals surface area contributed by atoms with Crippen LogP contribution in [0, 0.1) is 0 Å². The summed E-state index contributed by atoms with van der Waals surface area (Å²) in [6.45, 7) is 2.01. The molecule has 2 heterocycles. The number of carbonyl (C=O) groups is 1. The molecule has 5 nitrogen and oxygen atoms in total. The fraction of sp³-hybridized carbons (Fsp3) is 0.227. The molecule has 0 aliphatic heterocycles. The highest BCUT2D eigenvalue weighted by Crippen LogP contribution is 2.23. The highest BCUT2D eigenvalue weighted by Gasteiger charge is 2.10. The lowest BCUT2D eigenvalue weighted by atomic mass is 10.1. The molecule has 0 fully saturated rings. The average molecular weight is 391 g/mol. The molecule has 142 valence electrons. The van der Waals surface area contributed by atoms with Gasteiger partial charge in [-0.1, -0.05) is 24.3 Å². The van der Waals surface area contributed by atoms with E-state index in [1.807, 2.05) is 60.2 Å². The fourth-order valence-electron chi connectivity index (χ4n) is 3.17.